The summed E-state index contributed by atoms with van der Waals surface area (Å²) in [7, 11) is 0. The van der Waals surface area contributed by atoms with Crippen molar-refractivity contribution in [2.45, 2.75) is 31.4 Å². The number of aliphatic hydroxyl groups is 1. The molecule has 0 aromatic carbocycles. The molecule has 0 saturated carbocycles. The molecule has 0 aliphatic carbocycles. The zero-order chi connectivity index (χ0) is 12.5. The van der Waals surface area contributed by atoms with E-state index in [1.807, 2.05) is 20.8 Å². The van der Waals surface area contributed by atoms with Crippen LogP contribution in [0.5, 0.6) is 0 Å². The van der Waals surface area contributed by atoms with Gasteiger partial charge in [0.2, 0.25) is 0 Å². The van der Waals surface area contributed by atoms with Gasteiger partial charge in [0.1, 0.15) is 16.9 Å². The minimum Gasteiger partial charge on any atom is -0.389 e. The Balaban J connectivity index is 2.17. The number of hydrogen-bond acceptors (Lipinski definition) is 5. The number of nitrogens with one attached hydrogen (secondary N) is 1. The number of fused-ring (bicyclic) bond motifs is 1. The van der Waals surface area contributed by atoms with E-state index in [2.05, 4.69) is 19.9 Å². The number of thioether (sulfide) groups is 1. The van der Waals surface area contributed by atoms with Crippen molar-refractivity contribution in [3.63, 3.8) is 0 Å². The highest BCUT2D eigenvalue weighted by Gasteiger charge is 2.25. The van der Waals surface area contributed by atoms with Crippen LogP contribution >= 0.6 is 11.8 Å². The second-order valence-corrected chi connectivity index (χ2v) is 5.54. The maximum atomic E-state index is 10.2. The fourth-order valence-corrected chi connectivity index (χ4v) is 2.41. The summed E-state index contributed by atoms with van der Waals surface area (Å²) in [5, 5.41) is 11.0. The number of H-pyrrole nitrogens is 1. The van der Waals surface area contributed by atoms with Crippen LogP contribution in [0.1, 0.15) is 20.8 Å². The van der Waals surface area contributed by atoms with Crippen LogP contribution in [0, 0.1) is 5.92 Å². The molecule has 0 fully saturated rings. The first-order chi connectivity index (χ1) is 8.00. The quantitative estimate of drug-likeness (QED) is 0.641. The Labute approximate surface area is 104 Å². The first-order valence-electron chi connectivity index (χ1n) is 5.50. The maximum Gasteiger partial charge on any atom is 0.181 e. The molecule has 17 heavy (non-hydrogen) atoms. The lowest BCUT2D eigenvalue weighted by Gasteiger charge is -2.26. The summed E-state index contributed by atoms with van der Waals surface area (Å²) in [6, 6.07) is 0. The first kappa shape index (κ1) is 12.3. The molecular weight excluding hydrogens is 236 g/mol. The van der Waals surface area contributed by atoms with Crippen molar-refractivity contribution in [2.24, 2.45) is 5.92 Å². The van der Waals surface area contributed by atoms with Gasteiger partial charge in [-0.15, -0.1) is 11.8 Å². The van der Waals surface area contributed by atoms with Gasteiger partial charge in [0.05, 0.1) is 11.9 Å². The lowest BCUT2D eigenvalue weighted by Crippen LogP contribution is -2.33. The summed E-state index contributed by atoms with van der Waals surface area (Å²) < 4.78 is 0. The SMILES string of the molecule is CC(C)C(C)(O)CSc1ncnc2nc[nH]c12. The second-order valence-electron chi connectivity index (χ2n) is 4.58. The Bertz CT molecular complexity index is 509. The Morgan fingerprint density at radius 2 is 2.18 bits per heavy atom. The standard InChI is InChI=1S/C11H16N4OS/c1-7(2)11(3,16)4-17-10-8-9(13-5-12-8)14-6-15-10/h5-7,16H,4H2,1-3H3,(H,12,13,14,15). The largest absolute Gasteiger partial charge is 0.389 e. The molecule has 0 saturated heterocycles. The van der Waals surface area contributed by atoms with Gasteiger partial charge in [-0.2, -0.15) is 0 Å². The van der Waals surface area contributed by atoms with Crippen LogP contribution < -0.4 is 0 Å². The Morgan fingerprint density at radius 3 is 2.88 bits per heavy atom. The van der Waals surface area contributed by atoms with E-state index in [-0.39, 0.29) is 5.92 Å². The van der Waals surface area contributed by atoms with Gasteiger partial charge in [0.25, 0.3) is 0 Å². The summed E-state index contributed by atoms with van der Waals surface area (Å²) in [5.41, 5.74) is 0.783. The number of imidazole rings is 1. The molecular formula is C11H16N4OS. The van der Waals surface area contributed by atoms with E-state index in [4.69, 9.17) is 0 Å². The van der Waals surface area contributed by atoms with E-state index in [1.165, 1.54) is 18.1 Å². The highest BCUT2D eigenvalue weighted by atomic mass is 32.2. The molecule has 0 spiro atoms. The van der Waals surface area contributed by atoms with Crippen LogP contribution in [0.2, 0.25) is 0 Å². The molecule has 1 unspecified atom stereocenters. The van der Waals surface area contributed by atoms with Gasteiger partial charge in [0, 0.05) is 5.75 Å². The van der Waals surface area contributed by atoms with E-state index in [0.717, 1.165) is 10.5 Å². The average Bonchev–Trinajstić information content (AvgIpc) is 2.74. The summed E-state index contributed by atoms with van der Waals surface area (Å²) in [5.74, 6) is 0.796. The molecule has 1 atom stereocenters. The third kappa shape index (κ3) is 2.58. The smallest absolute Gasteiger partial charge is 0.181 e. The van der Waals surface area contributed by atoms with E-state index in [1.54, 1.807) is 6.33 Å². The van der Waals surface area contributed by atoms with Crippen LogP contribution in [0.25, 0.3) is 11.2 Å². The molecule has 2 heterocycles. The Hall–Kier alpha value is -1.14. The fourth-order valence-electron chi connectivity index (χ4n) is 1.23. The van der Waals surface area contributed by atoms with Gasteiger partial charge >= 0.3 is 0 Å². The summed E-state index contributed by atoms with van der Waals surface area (Å²) in [6.07, 6.45) is 3.10. The molecule has 2 aromatic heterocycles. The second kappa shape index (κ2) is 4.62. The average molecular weight is 252 g/mol. The highest BCUT2D eigenvalue weighted by molar-refractivity contribution is 7.99. The van der Waals surface area contributed by atoms with Gasteiger partial charge in [-0.05, 0) is 12.8 Å². The van der Waals surface area contributed by atoms with E-state index in [9.17, 15) is 5.11 Å². The molecule has 5 nitrogen and oxygen atoms in total. The van der Waals surface area contributed by atoms with Crippen molar-refractivity contribution in [3.05, 3.63) is 12.7 Å². The first-order valence-corrected chi connectivity index (χ1v) is 6.48. The number of hydrogen-bond donors (Lipinski definition) is 2. The highest BCUT2D eigenvalue weighted by Crippen LogP contribution is 2.28. The van der Waals surface area contributed by atoms with E-state index in [0.29, 0.717) is 11.4 Å². The van der Waals surface area contributed by atoms with Crippen LogP contribution in [0.3, 0.4) is 0 Å². The molecule has 0 amide bonds. The van der Waals surface area contributed by atoms with Crippen LogP contribution in [0.4, 0.5) is 0 Å². The lowest BCUT2D eigenvalue weighted by atomic mass is 9.95. The zero-order valence-electron chi connectivity index (χ0n) is 10.1. The summed E-state index contributed by atoms with van der Waals surface area (Å²) in [6.45, 7) is 5.86. The van der Waals surface area contributed by atoms with E-state index >= 15 is 0 Å². The van der Waals surface area contributed by atoms with Gasteiger partial charge in [-0.25, -0.2) is 15.0 Å². The molecule has 2 N–H and O–H groups in total. The van der Waals surface area contributed by atoms with Gasteiger partial charge in [0.15, 0.2) is 5.65 Å². The third-order valence-corrected chi connectivity index (χ3v) is 4.24. The lowest BCUT2D eigenvalue weighted by molar-refractivity contribution is 0.0376. The number of aromatic nitrogens is 4. The summed E-state index contributed by atoms with van der Waals surface area (Å²) >= 11 is 1.52. The minimum absolute atomic E-state index is 0.203. The fraction of sp³-hybridized carbons (Fsp3) is 0.545. The Kier molecular flexibility index (Phi) is 3.35. The van der Waals surface area contributed by atoms with Crippen LogP contribution in [0.15, 0.2) is 17.7 Å². The van der Waals surface area contributed by atoms with Crippen molar-refractivity contribution in [3.8, 4) is 0 Å². The van der Waals surface area contributed by atoms with Crippen LogP contribution in [-0.2, 0) is 0 Å². The van der Waals surface area contributed by atoms with Crippen molar-refractivity contribution in [1.82, 2.24) is 19.9 Å². The van der Waals surface area contributed by atoms with Gasteiger partial charge in [-0.1, -0.05) is 13.8 Å². The minimum atomic E-state index is -0.706. The van der Waals surface area contributed by atoms with Crippen molar-refractivity contribution < 1.29 is 5.11 Å². The van der Waals surface area contributed by atoms with Gasteiger partial charge < -0.3 is 10.1 Å². The van der Waals surface area contributed by atoms with E-state index < -0.39 is 5.60 Å². The van der Waals surface area contributed by atoms with Crippen molar-refractivity contribution in [1.29, 1.82) is 0 Å². The predicted octanol–water partition coefficient (Wildman–Crippen LogP) is 1.85. The number of rotatable bonds is 4. The van der Waals surface area contributed by atoms with Crippen LogP contribution in [-0.4, -0.2) is 36.4 Å². The molecule has 0 radical (unpaired) electrons. The molecule has 2 rings (SSSR count). The Morgan fingerprint density at radius 1 is 1.41 bits per heavy atom. The van der Waals surface area contributed by atoms with Crippen molar-refractivity contribution >= 4 is 22.9 Å². The molecule has 6 heteroatoms. The maximum absolute atomic E-state index is 10.2. The third-order valence-electron chi connectivity index (χ3n) is 2.93. The normalized spacial score (nSPS) is 15.4. The number of nitrogens with zero attached hydrogens (tertiary/aromatic N) is 3. The van der Waals surface area contributed by atoms with Gasteiger partial charge in [-0.3, -0.25) is 0 Å². The topological polar surface area (TPSA) is 74.7 Å². The predicted molar refractivity (Wildman–Crippen MR) is 67.9 cm³/mol. The molecule has 0 aliphatic rings. The molecule has 2 aromatic rings. The number of aromatic amines is 1. The molecule has 0 aliphatic heterocycles. The summed E-state index contributed by atoms with van der Waals surface area (Å²) in [4.78, 5) is 15.4. The van der Waals surface area contributed by atoms with Crippen molar-refractivity contribution in [2.75, 3.05) is 5.75 Å². The molecule has 0 bridgehead atoms. The zero-order valence-corrected chi connectivity index (χ0v) is 11.0. The monoisotopic (exact) mass is 252 g/mol. The molecule has 92 valence electrons.